The molecule has 1 aromatic rings. The van der Waals surface area contributed by atoms with Gasteiger partial charge in [0.25, 0.3) is 0 Å². The van der Waals surface area contributed by atoms with Crippen molar-refractivity contribution in [2.45, 2.75) is 19.0 Å². The van der Waals surface area contributed by atoms with Crippen LogP contribution in [0.2, 0.25) is 0 Å². The summed E-state index contributed by atoms with van der Waals surface area (Å²) in [6, 6.07) is 3.64. The van der Waals surface area contributed by atoms with E-state index < -0.39 is 11.7 Å². The number of nitrogens with two attached hydrogens (primary N) is 1. The van der Waals surface area contributed by atoms with Gasteiger partial charge in [-0.1, -0.05) is 0 Å². The van der Waals surface area contributed by atoms with Crippen molar-refractivity contribution in [3.8, 4) is 0 Å². The van der Waals surface area contributed by atoms with Gasteiger partial charge in [-0.05, 0) is 37.0 Å². The van der Waals surface area contributed by atoms with Crippen LogP contribution in [0.1, 0.15) is 18.4 Å². The van der Waals surface area contributed by atoms with Crippen LogP contribution < -0.4 is 10.6 Å². The highest BCUT2D eigenvalue weighted by Gasteiger charge is 2.31. The van der Waals surface area contributed by atoms with Crippen LogP contribution in [0.25, 0.3) is 0 Å². The van der Waals surface area contributed by atoms with E-state index in [1.54, 1.807) is 0 Å². The molecule has 0 spiro atoms. The molecule has 2 N–H and O–H groups in total. The Morgan fingerprint density at radius 2 is 1.76 bits per heavy atom. The van der Waals surface area contributed by atoms with E-state index in [1.807, 2.05) is 0 Å². The Bertz CT molecular complexity index is 503. The predicted octanol–water partition coefficient (Wildman–Crippen LogP) is 2.82. The van der Waals surface area contributed by atoms with Crippen molar-refractivity contribution in [2.75, 3.05) is 43.4 Å². The lowest BCUT2D eigenvalue weighted by atomic mass is 10.1. The van der Waals surface area contributed by atoms with Gasteiger partial charge < -0.3 is 10.6 Å². The molecule has 6 heteroatoms. The fourth-order valence-corrected chi connectivity index (χ4v) is 2.86. The highest BCUT2D eigenvalue weighted by molar-refractivity contribution is 5.69. The maximum Gasteiger partial charge on any atom is 0.416 e. The summed E-state index contributed by atoms with van der Waals surface area (Å²) in [5.74, 6) is 0.868. The molecule has 0 unspecified atom stereocenters. The van der Waals surface area contributed by atoms with Crippen molar-refractivity contribution < 1.29 is 13.2 Å². The number of anilines is 2. The zero-order chi connectivity index (χ0) is 15.0. The maximum atomic E-state index is 12.6. The Hall–Kier alpha value is -1.43. The van der Waals surface area contributed by atoms with Crippen LogP contribution in [0.5, 0.6) is 0 Å². The number of hydrogen-bond acceptors (Lipinski definition) is 3. The standard InChI is InChI=1S/C15H20F3N3/c16-15(17,18)12-3-4-14(13(19)9-12)21-7-5-20(6-8-21)10-11-1-2-11/h3-4,9,11H,1-2,5-8,10,19H2. The highest BCUT2D eigenvalue weighted by atomic mass is 19.4. The predicted molar refractivity (Wildman–Crippen MR) is 77.2 cm³/mol. The van der Waals surface area contributed by atoms with Crippen molar-refractivity contribution in [3.63, 3.8) is 0 Å². The van der Waals surface area contributed by atoms with E-state index in [4.69, 9.17) is 5.73 Å². The van der Waals surface area contributed by atoms with Crippen LogP contribution in [-0.2, 0) is 6.18 Å². The molecule has 1 saturated heterocycles. The summed E-state index contributed by atoms with van der Waals surface area (Å²) in [6.45, 7) is 4.72. The van der Waals surface area contributed by atoms with E-state index in [0.29, 0.717) is 5.69 Å². The fraction of sp³-hybridized carbons (Fsp3) is 0.600. The molecule has 0 radical (unpaired) electrons. The van der Waals surface area contributed by atoms with Crippen molar-refractivity contribution in [2.24, 2.45) is 5.92 Å². The molecule has 1 aliphatic carbocycles. The summed E-state index contributed by atoms with van der Waals surface area (Å²) in [7, 11) is 0. The van der Waals surface area contributed by atoms with Gasteiger partial charge in [0.15, 0.2) is 0 Å². The first-order chi connectivity index (χ1) is 9.93. The molecular formula is C15H20F3N3. The zero-order valence-electron chi connectivity index (χ0n) is 11.9. The van der Waals surface area contributed by atoms with E-state index in [9.17, 15) is 13.2 Å². The number of alkyl halides is 3. The van der Waals surface area contributed by atoms with Crippen molar-refractivity contribution >= 4 is 11.4 Å². The fourth-order valence-electron chi connectivity index (χ4n) is 2.86. The third kappa shape index (κ3) is 3.43. The first-order valence-electron chi connectivity index (χ1n) is 7.37. The van der Waals surface area contributed by atoms with Gasteiger partial charge in [0.05, 0.1) is 16.9 Å². The van der Waals surface area contributed by atoms with Gasteiger partial charge >= 0.3 is 6.18 Å². The minimum absolute atomic E-state index is 0.209. The normalized spacial score (nSPS) is 20.8. The second kappa shape index (κ2) is 5.40. The molecule has 0 aromatic heterocycles. The van der Waals surface area contributed by atoms with Crippen LogP contribution in [0.15, 0.2) is 18.2 Å². The topological polar surface area (TPSA) is 32.5 Å². The number of halogens is 3. The number of hydrogen-bond donors (Lipinski definition) is 1. The van der Waals surface area contributed by atoms with E-state index in [0.717, 1.165) is 50.8 Å². The molecule has 1 heterocycles. The Labute approximate surface area is 122 Å². The van der Waals surface area contributed by atoms with E-state index >= 15 is 0 Å². The molecule has 3 rings (SSSR count). The van der Waals surface area contributed by atoms with Crippen LogP contribution in [0.3, 0.4) is 0 Å². The maximum absolute atomic E-state index is 12.6. The van der Waals surface area contributed by atoms with Crippen molar-refractivity contribution in [1.82, 2.24) is 4.90 Å². The van der Waals surface area contributed by atoms with Gasteiger partial charge in [-0.2, -0.15) is 13.2 Å². The van der Waals surface area contributed by atoms with Crippen LogP contribution >= 0.6 is 0 Å². The van der Waals surface area contributed by atoms with Gasteiger partial charge in [-0.15, -0.1) is 0 Å². The van der Waals surface area contributed by atoms with E-state index in [-0.39, 0.29) is 5.69 Å². The number of piperazine rings is 1. The minimum Gasteiger partial charge on any atom is -0.397 e. The number of nitrogens with zero attached hydrogens (tertiary/aromatic N) is 2. The van der Waals surface area contributed by atoms with Crippen LogP contribution in [0, 0.1) is 5.92 Å². The van der Waals surface area contributed by atoms with Gasteiger partial charge in [0.1, 0.15) is 0 Å². The molecule has 0 amide bonds. The molecule has 21 heavy (non-hydrogen) atoms. The molecule has 1 saturated carbocycles. The second-order valence-electron chi connectivity index (χ2n) is 6.00. The number of benzene rings is 1. The van der Waals surface area contributed by atoms with E-state index in [2.05, 4.69) is 9.80 Å². The molecule has 1 aromatic carbocycles. The van der Waals surface area contributed by atoms with Gasteiger partial charge in [0, 0.05) is 32.7 Å². The second-order valence-corrected chi connectivity index (χ2v) is 6.00. The molecule has 1 aliphatic heterocycles. The zero-order valence-corrected chi connectivity index (χ0v) is 11.9. The van der Waals surface area contributed by atoms with Crippen molar-refractivity contribution in [3.05, 3.63) is 23.8 Å². The first-order valence-corrected chi connectivity index (χ1v) is 7.37. The SMILES string of the molecule is Nc1cc(C(F)(F)F)ccc1N1CCN(CC2CC2)CC1. The average Bonchev–Trinajstić information content (AvgIpc) is 3.23. The summed E-state index contributed by atoms with van der Waals surface area (Å²) < 4.78 is 37.9. The molecule has 2 fully saturated rings. The Morgan fingerprint density at radius 3 is 2.29 bits per heavy atom. The summed E-state index contributed by atoms with van der Waals surface area (Å²) in [5, 5.41) is 0. The summed E-state index contributed by atoms with van der Waals surface area (Å²) in [5.41, 5.74) is 6.06. The molecule has 0 bridgehead atoms. The third-order valence-electron chi connectivity index (χ3n) is 4.28. The quantitative estimate of drug-likeness (QED) is 0.871. The van der Waals surface area contributed by atoms with Crippen LogP contribution in [-0.4, -0.2) is 37.6 Å². The summed E-state index contributed by atoms with van der Waals surface area (Å²) in [6.07, 6.45) is -1.66. The minimum atomic E-state index is -4.34. The lowest BCUT2D eigenvalue weighted by Crippen LogP contribution is -2.47. The molecular weight excluding hydrogens is 279 g/mol. The largest absolute Gasteiger partial charge is 0.416 e. The highest BCUT2D eigenvalue weighted by Crippen LogP contribution is 2.35. The number of nitrogen functional groups attached to an aromatic ring is 1. The first kappa shape index (κ1) is 14.5. The molecule has 3 nitrogen and oxygen atoms in total. The third-order valence-corrected chi connectivity index (χ3v) is 4.28. The summed E-state index contributed by atoms with van der Waals surface area (Å²) >= 11 is 0. The Balaban J connectivity index is 1.64. The molecule has 2 aliphatic rings. The number of rotatable bonds is 3. The monoisotopic (exact) mass is 299 g/mol. The van der Waals surface area contributed by atoms with E-state index in [1.165, 1.54) is 18.9 Å². The smallest absolute Gasteiger partial charge is 0.397 e. The average molecular weight is 299 g/mol. The lowest BCUT2D eigenvalue weighted by Gasteiger charge is -2.36. The lowest BCUT2D eigenvalue weighted by molar-refractivity contribution is -0.137. The Morgan fingerprint density at radius 1 is 1.10 bits per heavy atom. The van der Waals surface area contributed by atoms with Crippen molar-refractivity contribution in [1.29, 1.82) is 0 Å². The van der Waals surface area contributed by atoms with Gasteiger partial charge in [-0.3, -0.25) is 4.90 Å². The Kier molecular flexibility index (Phi) is 3.73. The summed E-state index contributed by atoms with van der Waals surface area (Å²) in [4.78, 5) is 4.52. The van der Waals surface area contributed by atoms with Crippen LogP contribution in [0.4, 0.5) is 24.5 Å². The van der Waals surface area contributed by atoms with Gasteiger partial charge in [0.2, 0.25) is 0 Å². The molecule has 0 atom stereocenters. The molecule has 116 valence electrons. The van der Waals surface area contributed by atoms with Gasteiger partial charge in [-0.25, -0.2) is 0 Å².